The van der Waals surface area contributed by atoms with Gasteiger partial charge in [0.05, 0.1) is 12.7 Å². The van der Waals surface area contributed by atoms with Crippen LogP contribution in [0.3, 0.4) is 0 Å². The van der Waals surface area contributed by atoms with Crippen LogP contribution in [0.25, 0.3) is 11.1 Å². The number of ether oxygens (including phenoxy) is 1. The van der Waals surface area contributed by atoms with Crippen molar-refractivity contribution in [3.05, 3.63) is 53.1 Å². The molecule has 98 valence electrons. The second kappa shape index (κ2) is 5.14. The van der Waals surface area contributed by atoms with Crippen molar-refractivity contribution >= 4 is 5.97 Å². The minimum Gasteiger partial charge on any atom is -0.508 e. The Morgan fingerprint density at radius 1 is 1.05 bits per heavy atom. The molecule has 0 aliphatic carbocycles. The van der Waals surface area contributed by atoms with E-state index in [1.54, 1.807) is 18.2 Å². The van der Waals surface area contributed by atoms with Crippen molar-refractivity contribution in [2.24, 2.45) is 0 Å². The van der Waals surface area contributed by atoms with E-state index in [0.29, 0.717) is 5.56 Å². The largest absolute Gasteiger partial charge is 0.508 e. The van der Waals surface area contributed by atoms with E-state index in [9.17, 15) is 9.90 Å². The summed E-state index contributed by atoms with van der Waals surface area (Å²) in [6.07, 6.45) is 0. The van der Waals surface area contributed by atoms with Gasteiger partial charge in [0.25, 0.3) is 0 Å². The smallest absolute Gasteiger partial charge is 0.338 e. The lowest BCUT2D eigenvalue weighted by Crippen LogP contribution is -2.04. The van der Waals surface area contributed by atoms with Gasteiger partial charge in [-0.3, -0.25) is 0 Å². The first-order chi connectivity index (χ1) is 9.02. The Labute approximate surface area is 112 Å². The van der Waals surface area contributed by atoms with E-state index in [1.807, 2.05) is 32.0 Å². The highest BCUT2D eigenvalue weighted by Crippen LogP contribution is 2.30. The second-order valence-electron chi connectivity index (χ2n) is 4.54. The van der Waals surface area contributed by atoms with Crippen molar-refractivity contribution < 1.29 is 14.6 Å². The highest BCUT2D eigenvalue weighted by molar-refractivity contribution is 5.97. The molecule has 0 unspecified atom stereocenters. The number of hydrogen-bond acceptors (Lipinski definition) is 3. The average molecular weight is 256 g/mol. The Morgan fingerprint density at radius 3 is 2.42 bits per heavy atom. The number of hydrogen-bond donors (Lipinski definition) is 1. The molecule has 0 aromatic heterocycles. The second-order valence-corrected chi connectivity index (χ2v) is 4.54. The lowest BCUT2D eigenvalue weighted by Gasteiger charge is -2.12. The van der Waals surface area contributed by atoms with E-state index < -0.39 is 0 Å². The van der Waals surface area contributed by atoms with Crippen LogP contribution in [-0.4, -0.2) is 18.2 Å². The molecule has 1 N–H and O–H groups in total. The van der Waals surface area contributed by atoms with E-state index in [4.69, 9.17) is 4.74 Å². The van der Waals surface area contributed by atoms with Gasteiger partial charge in [0, 0.05) is 0 Å². The monoisotopic (exact) mass is 256 g/mol. The van der Waals surface area contributed by atoms with E-state index in [0.717, 1.165) is 22.3 Å². The number of carbonyl (C=O) groups is 1. The maximum atomic E-state index is 11.8. The molecule has 3 nitrogen and oxygen atoms in total. The summed E-state index contributed by atoms with van der Waals surface area (Å²) in [5.41, 5.74) is 4.25. The molecule has 0 aliphatic rings. The lowest BCUT2D eigenvalue weighted by molar-refractivity contribution is 0.0601. The van der Waals surface area contributed by atoms with Gasteiger partial charge in [-0.1, -0.05) is 23.8 Å². The molecule has 2 aromatic rings. The normalized spacial score (nSPS) is 10.3. The minimum absolute atomic E-state index is 0.216. The van der Waals surface area contributed by atoms with Gasteiger partial charge in [0.2, 0.25) is 0 Å². The molecule has 3 heteroatoms. The van der Waals surface area contributed by atoms with Gasteiger partial charge in [0.1, 0.15) is 5.75 Å². The van der Waals surface area contributed by atoms with Crippen molar-refractivity contribution in [3.8, 4) is 16.9 Å². The molecule has 19 heavy (non-hydrogen) atoms. The fourth-order valence-corrected chi connectivity index (χ4v) is 2.12. The first-order valence-electron chi connectivity index (χ1n) is 6.02. The molecular weight excluding hydrogens is 240 g/mol. The third-order valence-electron chi connectivity index (χ3n) is 3.08. The predicted octanol–water partition coefficient (Wildman–Crippen LogP) is 3.46. The van der Waals surface area contributed by atoms with Crippen LogP contribution in [0.5, 0.6) is 5.75 Å². The van der Waals surface area contributed by atoms with Gasteiger partial charge in [-0.25, -0.2) is 4.79 Å². The van der Waals surface area contributed by atoms with Gasteiger partial charge >= 0.3 is 5.97 Å². The number of aryl methyl sites for hydroxylation is 2. The van der Waals surface area contributed by atoms with Crippen LogP contribution >= 0.6 is 0 Å². The Bertz CT molecular complexity index is 630. The molecule has 0 heterocycles. The number of benzene rings is 2. The summed E-state index contributed by atoms with van der Waals surface area (Å²) >= 11 is 0. The standard InChI is InChI=1S/C16H16O3/c1-10-4-6-14(16(18)19-3)15(8-10)13-7-5-12(17)9-11(13)2/h4-9,17H,1-3H3. The highest BCUT2D eigenvalue weighted by Gasteiger charge is 2.14. The van der Waals surface area contributed by atoms with Crippen LogP contribution in [0.1, 0.15) is 21.5 Å². The third kappa shape index (κ3) is 2.60. The summed E-state index contributed by atoms with van der Waals surface area (Å²) in [6, 6.07) is 10.7. The molecule has 0 fully saturated rings. The maximum Gasteiger partial charge on any atom is 0.338 e. The average Bonchev–Trinajstić information content (AvgIpc) is 2.38. The van der Waals surface area contributed by atoms with Gasteiger partial charge in [-0.2, -0.15) is 0 Å². The minimum atomic E-state index is -0.359. The van der Waals surface area contributed by atoms with Crippen LogP contribution in [-0.2, 0) is 4.74 Å². The van der Waals surface area contributed by atoms with Crippen LogP contribution in [0.4, 0.5) is 0 Å². The Kier molecular flexibility index (Phi) is 3.56. The highest BCUT2D eigenvalue weighted by atomic mass is 16.5. The van der Waals surface area contributed by atoms with Crippen molar-refractivity contribution in [2.45, 2.75) is 13.8 Å². The first-order valence-corrected chi connectivity index (χ1v) is 6.02. The number of methoxy groups -OCH3 is 1. The van der Waals surface area contributed by atoms with E-state index in [2.05, 4.69) is 0 Å². The van der Waals surface area contributed by atoms with Crippen LogP contribution in [0, 0.1) is 13.8 Å². The third-order valence-corrected chi connectivity index (χ3v) is 3.08. The van der Waals surface area contributed by atoms with E-state index in [-0.39, 0.29) is 11.7 Å². The fraction of sp³-hybridized carbons (Fsp3) is 0.188. The van der Waals surface area contributed by atoms with Crippen LogP contribution in [0.2, 0.25) is 0 Å². The zero-order valence-electron chi connectivity index (χ0n) is 11.2. The number of phenols is 1. The number of rotatable bonds is 2. The number of phenolic OH excluding ortho intramolecular Hbond substituents is 1. The van der Waals surface area contributed by atoms with E-state index in [1.165, 1.54) is 7.11 Å². The summed E-state index contributed by atoms with van der Waals surface area (Å²) in [7, 11) is 1.37. The molecular formula is C16H16O3. The molecule has 0 bridgehead atoms. The van der Waals surface area contributed by atoms with Gasteiger partial charge in [-0.05, 0) is 48.7 Å². The van der Waals surface area contributed by atoms with Crippen molar-refractivity contribution in [3.63, 3.8) is 0 Å². The zero-order chi connectivity index (χ0) is 14.0. The van der Waals surface area contributed by atoms with Gasteiger partial charge in [0.15, 0.2) is 0 Å². The SMILES string of the molecule is COC(=O)c1ccc(C)cc1-c1ccc(O)cc1C. The molecule has 0 amide bonds. The predicted molar refractivity (Wildman–Crippen MR) is 74.4 cm³/mol. The first kappa shape index (κ1) is 13.1. The molecule has 2 aromatic carbocycles. The Morgan fingerprint density at radius 2 is 1.79 bits per heavy atom. The summed E-state index contributed by atoms with van der Waals surface area (Å²) in [6.45, 7) is 3.87. The molecule has 0 radical (unpaired) electrons. The van der Waals surface area contributed by atoms with Crippen molar-refractivity contribution in [1.29, 1.82) is 0 Å². The summed E-state index contributed by atoms with van der Waals surface area (Å²) in [5.74, 6) is -0.143. The lowest BCUT2D eigenvalue weighted by atomic mass is 9.94. The summed E-state index contributed by atoms with van der Waals surface area (Å²) < 4.78 is 4.81. The fourth-order valence-electron chi connectivity index (χ4n) is 2.12. The van der Waals surface area contributed by atoms with E-state index >= 15 is 0 Å². The molecule has 2 rings (SSSR count). The maximum absolute atomic E-state index is 11.8. The van der Waals surface area contributed by atoms with Crippen molar-refractivity contribution in [2.75, 3.05) is 7.11 Å². The molecule has 0 aliphatic heterocycles. The zero-order valence-corrected chi connectivity index (χ0v) is 11.2. The Balaban J connectivity index is 2.66. The summed E-state index contributed by atoms with van der Waals surface area (Å²) in [5, 5.41) is 9.47. The molecule has 0 saturated carbocycles. The van der Waals surface area contributed by atoms with Crippen molar-refractivity contribution in [1.82, 2.24) is 0 Å². The summed E-state index contributed by atoms with van der Waals surface area (Å²) in [4.78, 5) is 11.8. The number of carbonyl (C=O) groups excluding carboxylic acids is 1. The van der Waals surface area contributed by atoms with Gasteiger partial charge in [-0.15, -0.1) is 0 Å². The topological polar surface area (TPSA) is 46.5 Å². The van der Waals surface area contributed by atoms with Crippen LogP contribution < -0.4 is 0 Å². The Hall–Kier alpha value is -2.29. The quantitative estimate of drug-likeness (QED) is 0.837. The number of esters is 1. The molecule has 0 atom stereocenters. The number of aromatic hydroxyl groups is 1. The molecule has 0 saturated heterocycles. The molecule has 0 spiro atoms. The van der Waals surface area contributed by atoms with Gasteiger partial charge < -0.3 is 9.84 Å². The van der Waals surface area contributed by atoms with Crippen LogP contribution in [0.15, 0.2) is 36.4 Å².